The van der Waals surface area contributed by atoms with Gasteiger partial charge in [-0.3, -0.25) is 4.79 Å². The number of hydrogen-bond acceptors (Lipinski definition) is 4. The van der Waals surface area contributed by atoms with Gasteiger partial charge in [0.2, 0.25) is 0 Å². The summed E-state index contributed by atoms with van der Waals surface area (Å²) in [5.41, 5.74) is 3.35. The largest absolute Gasteiger partial charge is 0.338 e. The first-order valence-electron chi connectivity index (χ1n) is 6.64. The zero-order chi connectivity index (χ0) is 14.0. The molecule has 1 fully saturated rings. The number of nitrogens with zero attached hydrogens (tertiary/aromatic N) is 2. The number of anilines is 1. The predicted molar refractivity (Wildman–Crippen MR) is 75.5 cm³/mol. The van der Waals surface area contributed by atoms with E-state index in [1.807, 2.05) is 4.90 Å². The molecule has 5 nitrogen and oxygen atoms in total. The summed E-state index contributed by atoms with van der Waals surface area (Å²) in [5.74, 6) is 6.45. The highest BCUT2D eigenvalue weighted by atomic mass is 16.2. The Labute approximate surface area is 114 Å². The number of nitrogen functional groups attached to an aromatic ring is 1. The average molecular weight is 262 g/mol. The van der Waals surface area contributed by atoms with Gasteiger partial charge in [0.1, 0.15) is 5.82 Å². The van der Waals surface area contributed by atoms with Gasteiger partial charge in [0.25, 0.3) is 5.91 Å². The fourth-order valence-corrected chi connectivity index (χ4v) is 2.48. The minimum Gasteiger partial charge on any atom is -0.338 e. The molecule has 1 amide bonds. The molecular formula is C14H22N4O. The zero-order valence-corrected chi connectivity index (χ0v) is 11.8. The van der Waals surface area contributed by atoms with Gasteiger partial charge in [0.05, 0.1) is 0 Å². The lowest BCUT2D eigenvalue weighted by Crippen LogP contribution is -2.31. The molecule has 2 rings (SSSR count). The summed E-state index contributed by atoms with van der Waals surface area (Å²) >= 11 is 0. The molecule has 5 heteroatoms. The molecular weight excluding hydrogens is 240 g/mol. The van der Waals surface area contributed by atoms with Crippen molar-refractivity contribution in [1.82, 2.24) is 9.88 Å². The molecule has 1 aromatic rings. The molecule has 0 radical (unpaired) electrons. The van der Waals surface area contributed by atoms with Crippen LogP contribution in [0.3, 0.4) is 0 Å². The van der Waals surface area contributed by atoms with Crippen molar-refractivity contribution in [2.45, 2.75) is 27.2 Å². The van der Waals surface area contributed by atoms with E-state index < -0.39 is 0 Å². The summed E-state index contributed by atoms with van der Waals surface area (Å²) in [7, 11) is 0. The van der Waals surface area contributed by atoms with E-state index in [1.54, 1.807) is 18.3 Å². The molecule has 1 aliphatic rings. The standard InChI is InChI=1S/C14H22N4O/c1-14(2,3)11-5-7-18(9-11)13(19)10-4-6-16-12(8-10)17-15/h4,6,8,11H,5,7,9,15H2,1-3H3,(H,16,17). The number of nitrogens with two attached hydrogens (primary N) is 1. The summed E-state index contributed by atoms with van der Waals surface area (Å²) in [5, 5.41) is 0. The van der Waals surface area contributed by atoms with E-state index in [0.717, 1.165) is 19.5 Å². The van der Waals surface area contributed by atoms with Crippen LogP contribution in [0, 0.1) is 11.3 Å². The molecule has 2 heterocycles. The molecule has 0 saturated carbocycles. The van der Waals surface area contributed by atoms with Crippen LogP contribution in [0.1, 0.15) is 37.6 Å². The minimum absolute atomic E-state index is 0.0608. The van der Waals surface area contributed by atoms with Crippen LogP contribution in [-0.2, 0) is 0 Å². The fourth-order valence-electron chi connectivity index (χ4n) is 2.48. The summed E-state index contributed by atoms with van der Waals surface area (Å²) < 4.78 is 0. The quantitative estimate of drug-likeness (QED) is 0.630. The van der Waals surface area contributed by atoms with Crippen LogP contribution >= 0.6 is 0 Å². The van der Waals surface area contributed by atoms with Crippen LogP contribution in [0.4, 0.5) is 5.82 Å². The second-order valence-corrected chi connectivity index (χ2v) is 6.18. The Morgan fingerprint density at radius 1 is 1.53 bits per heavy atom. The fraction of sp³-hybridized carbons (Fsp3) is 0.571. The highest BCUT2D eigenvalue weighted by Crippen LogP contribution is 2.34. The van der Waals surface area contributed by atoms with Crippen LogP contribution in [0.25, 0.3) is 0 Å². The number of likely N-dealkylation sites (tertiary alicyclic amines) is 1. The maximum atomic E-state index is 12.4. The summed E-state index contributed by atoms with van der Waals surface area (Å²) in [6.07, 6.45) is 2.67. The molecule has 1 aromatic heterocycles. The van der Waals surface area contributed by atoms with Gasteiger partial charge in [-0.15, -0.1) is 0 Å². The minimum atomic E-state index is 0.0608. The van der Waals surface area contributed by atoms with E-state index in [-0.39, 0.29) is 11.3 Å². The number of carbonyl (C=O) groups is 1. The molecule has 1 saturated heterocycles. The lowest BCUT2D eigenvalue weighted by Gasteiger charge is -2.27. The molecule has 0 aliphatic carbocycles. The first-order chi connectivity index (χ1) is 8.91. The molecule has 0 spiro atoms. The first kappa shape index (κ1) is 13.8. The lowest BCUT2D eigenvalue weighted by atomic mass is 9.80. The van der Waals surface area contributed by atoms with Crippen LogP contribution in [-0.4, -0.2) is 28.9 Å². The van der Waals surface area contributed by atoms with Gasteiger partial charge in [-0.25, -0.2) is 10.8 Å². The van der Waals surface area contributed by atoms with Crippen molar-refractivity contribution in [1.29, 1.82) is 0 Å². The maximum Gasteiger partial charge on any atom is 0.254 e. The first-order valence-corrected chi connectivity index (χ1v) is 6.64. The molecule has 1 atom stereocenters. The van der Waals surface area contributed by atoms with Gasteiger partial charge in [-0.05, 0) is 29.9 Å². The molecule has 1 aliphatic heterocycles. The van der Waals surface area contributed by atoms with Crippen molar-refractivity contribution in [2.75, 3.05) is 18.5 Å². The van der Waals surface area contributed by atoms with Gasteiger partial charge < -0.3 is 10.3 Å². The number of aromatic nitrogens is 1. The number of carbonyl (C=O) groups excluding carboxylic acids is 1. The topological polar surface area (TPSA) is 71.2 Å². The van der Waals surface area contributed by atoms with Crippen molar-refractivity contribution in [3.05, 3.63) is 23.9 Å². The maximum absolute atomic E-state index is 12.4. The van der Waals surface area contributed by atoms with Gasteiger partial charge in [-0.1, -0.05) is 20.8 Å². The van der Waals surface area contributed by atoms with Crippen molar-refractivity contribution in [3.8, 4) is 0 Å². The third kappa shape index (κ3) is 3.04. The number of amides is 1. The Morgan fingerprint density at radius 3 is 2.84 bits per heavy atom. The molecule has 104 valence electrons. The number of rotatable bonds is 2. The van der Waals surface area contributed by atoms with Gasteiger partial charge in [-0.2, -0.15) is 0 Å². The number of pyridine rings is 1. The van der Waals surface area contributed by atoms with E-state index in [0.29, 0.717) is 17.3 Å². The highest BCUT2D eigenvalue weighted by molar-refractivity contribution is 5.95. The molecule has 3 N–H and O–H groups in total. The van der Waals surface area contributed by atoms with Crippen LogP contribution in [0.2, 0.25) is 0 Å². The number of nitrogens with one attached hydrogen (secondary N) is 1. The SMILES string of the molecule is CC(C)(C)C1CCN(C(=O)c2ccnc(NN)c2)C1. The van der Waals surface area contributed by atoms with Crippen molar-refractivity contribution >= 4 is 11.7 Å². The van der Waals surface area contributed by atoms with Crippen molar-refractivity contribution in [2.24, 2.45) is 17.2 Å². The summed E-state index contributed by atoms with van der Waals surface area (Å²) in [6.45, 7) is 8.35. The van der Waals surface area contributed by atoms with Crippen molar-refractivity contribution in [3.63, 3.8) is 0 Å². The van der Waals surface area contributed by atoms with E-state index in [9.17, 15) is 4.79 Å². The van der Waals surface area contributed by atoms with Gasteiger partial charge in [0, 0.05) is 24.8 Å². The summed E-state index contributed by atoms with van der Waals surface area (Å²) in [6, 6.07) is 3.42. The Kier molecular flexibility index (Phi) is 3.75. The molecule has 19 heavy (non-hydrogen) atoms. The lowest BCUT2D eigenvalue weighted by molar-refractivity contribution is 0.0776. The number of hydrogen-bond donors (Lipinski definition) is 2. The van der Waals surface area contributed by atoms with Crippen molar-refractivity contribution < 1.29 is 4.79 Å². The van der Waals surface area contributed by atoms with Crippen LogP contribution < -0.4 is 11.3 Å². The Morgan fingerprint density at radius 2 is 2.26 bits per heavy atom. The van der Waals surface area contributed by atoms with Crippen LogP contribution in [0.5, 0.6) is 0 Å². The average Bonchev–Trinajstić information content (AvgIpc) is 2.87. The number of hydrazine groups is 1. The third-order valence-electron chi connectivity index (χ3n) is 3.85. The van der Waals surface area contributed by atoms with E-state index in [1.165, 1.54) is 0 Å². The van der Waals surface area contributed by atoms with E-state index >= 15 is 0 Å². The second kappa shape index (κ2) is 5.17. The van der Waals surface area contributed by atoms with E-state index in [2.05, 4.69) is 31.2 Å². The third-order valence-corrected chi connectivity index (χ3v) is 3.85. The second-order valence-electron chi connectivity index (χ2n) is 6.18. The van der Waals surface area contributed by atoms with Gasteiger partial charge in [0.15, 0.2) is 0 Å². The van der Waals surface area contributed by atoms with Gasteiger partial charge >= 0.3 is 0 Å². The monoisotopic (exact) mass is 262 g/mol. The Balaban J connectivity index is 2.09. The molecule has 1 unspecified atom stereocenters. The normalized spacial score (nSPS) is 19.6. The Hall–Kier alpha value is -1.62. The zero-order valence-electron chi connectivity index (χ0n) is 11.8. The Bertz CT molecular complexity index is 467. The predicted octanol–water partition coefficient (Wildman–Crippen LogP) is 1.88. The van der Waals surface area contributed by atoms with E-state index in [4.69, 9.17) is 5.84 Å². The van der Waals surface area contributed by atoms with Crippen LogP contribution in [0.15, 0.2) is 18.3 Å². The molecule has 0 bridgehead atoms. The smallest absolute Gasteiger partial charge is 0.254 e. The summed E-state index contributed by atoms with van der Waals surface area (Å²) in [4.78, 5) is 18.4. The highest BCUT2D eigenvalue weighted by Gasteiger charge is 2.34. The molecule has 0 aromatic carbocycles.